The number of nitrogens with zero attached hydrogens (tertiary/aromatic N) is 1. The zero-order valence-electron chi connectivity index (χ0n) is 15.4. The van der Waals surface area contributed by atoms with E-state index < -0.39 is 52.4 Å². The van der Waals surface area contributed by atoms with Gasteiger partial charge >= 0.3 is 18.4 Å². The highest BCUT2D eigenvalue weighted by atomic mass is 19.4. The summed E-state index contributed by atoms with van der Waals surface area (Å²) in [5, 5.41) is 0. The van der Waals surface area contributed by atoms with Crippen LogP contribution in [0, 0.1) is 5.92 Å². The first-order valence-electron chi connectivity index (χ1n) is 8.39. The molecular weight excluding hydrogens is 392 g/mol. The average Bonchev–Trinajstić information content (AvgIpc) is 3.00. The molecule has 0 radical (unpaired) electrons. The topological polar surface area (TPSA) is 46.6 Å². The van der Waals surface area contributed by atoms with E-state index in [0.717, 1.165) is 0 Å². The highest BCUT2D eigenvalue weighted by molar-refractivity contribution is 5.99. The lowest BCUT2D eigenvalue weighted by Crippen LogP contribution is -2.35. The number of hydrogen-bond donors (Lipinski definition) is 0. The third-order valence-corrected chi connectivity index (χ3v) is 4.08. The number of alkyl halides is 6. The summed E-state index contributed by atoms with van der Waals surface area (Å²) in [4.78, 5) is 25.8. The number of halogens is 6. The number of ketones is 1. The van der Waals surface area contributed by atoms with E-state index in [1.54, 1.807) is 20.8 Å². The molecule has 10 heteroatoms. The molecule has 0 spiro atoms. The molecule has 0 N–H and O–H groups in total. The average molecular weight is 411 g/mol. The molecule has 0 bridgehead atoms. The number of Topliss-reactive ketones (excluding diaryl/α,β-unsaturated/α-hetero) is 1. The molecule has 0 aliphatic carbocycles. The van der Waals surface area contributed by atoms with Crippen LogP contribution in [0.15, 0.2) is 18.2 Å². The molecule has 0 unspecified atom stereocenters. The van der Waals surface area contributed by atoms with Gasteiger partial charge in [0.05, 0.1) is 11.1 Å². The van der Waals surface area contributed by atoms with E-state index in [1.807, 2.05) is 0 Å². The Morgan fingerprint density at radius 2 is 1.46 bits per heavy atom. The number of carbonyl (C=O) groups is 2. The summed E-state index contributed by atoms with van der Waals surface area (Å²) in [6.07, 6.45) is -10.6. The predicted molar refractivity (Wildman–Crippen MR) is 86.7 cm³/mol. The van der Waals surface area contributed by atoms with Crippen LogP contribution >= 0.6 is 0 Å². The number of rotatable bonds is 2. The first-order chi connectivity index (χ1) is 12.6. The number of hydrogen-bond acceptors (Lipinski definition) is 3. The monoisotopic (exact) mass is 411 g/mol. The molecule has 1 heterocycles. The fourth-order valence-electron chi connectivity index (χ4n) is 2.80. The Labute approximate surface area is 157 Å². The minimum Gasteiger partial charge on any atom is -0.444 e. The van der Waals surface area contributed by atoms with Crippen molar-refractivity contribution in [2.45, 2.75) is 45.1 Å². The van der Waals surface area contributed by atoms with Crippen LogP contribution in [0.3, 0.4) is 0 Å². The van der Waals surface area contributed by atoms with Crippen molar-refractivity contribution in [3.8, 4) is 0 Å². The lowest BCUT2D eigenvalue weighted by atomic mass is 9.94. The lowest BCUT2D eigenvalue weighted by molar-refractivity contribution is -0.143. The van der Waals surface area contributed by atoms with Gasteiger partial charge in [0.1, 0.15) is 5.60 Å². The molecule has 1 atom stereocenters. The van der Waals surface area contributed by atoms with E-state index in [4.69, 9.17) is 4.74 Å². The van der Waals surface area contributed by atoms with Gasteiger partial charge in [-0.3, -0.25) is 4.79 Å². The van der Waals surface area contributed by atoms with E-state index in [2.05, 4.69) is 0 Å². The van der Waals surface area contributed by atoms with Gasteiger partial charge < -0.3 is 9.64 Å². The zero-order chi connectivity index (χ0) is 21.5. The predicted octanol–water partition coefficient (Wildman–Crippen LogP) is 5.16. The second-order valence-electron chi connectivity index (χ2n) is 7.57. The van der Waals surface area contributed by atoms with Gasteiger partial charge in [-0.2, -0.15) is 26.3 Å². The zero-order valence-corrected chi connectivity index (χ0v) is 15.4. The third-order valence-electron chi connectivity index (χ3n) is 4.08. The Morgan fingerprint density at radius 1 is 0.964 bits per heavy atom. The van der Waals surface area contributed by atoms with Crippen molar-refractivity contribution >= 4 is 11.9 Å². The maximum Gasteiger partial charge on any atom is 0.416 e. The third kappa shape index (κ3) is 5.39. The van der Waals surface area contributed by atoms with Crippen LogP contribution in [0.5, 0.6) is 0 Å². The molecule has 1 amide bonds. The van der Waals surface area contributed by atoms with Crippen LogP contribution in [0.25, 0.3) is 0 Å². The summed E-state index contributed by atoms with van der Waals surface area (Å²) in [5.41, 5.74) is -4.56. The van der Waals surface area contributed by atoms with Crippen molar-refractivity contribution in [1.82, 2.24) is 4.90 Å². The molecule has 2 rings (SSSR count). The molecule has 156 valence electrons. The molecule has 0 saturated carbocycles. The van der Waals surface area contributed by atoms with Crippen LogP contribution in [0.4, 0.5) is 31.1 Å². The van der Waals surface area contributed by atoms with Crippen LogP contribution in [-0.4, -0.2) is 35.5 Å². The second-order valence-corrected chi connectivity index (χ2v) is 7.57. The Balaban J connectivity index is 2.26. The normalized spacial score (nSPS) is 18.3. The van der Waals surface area contributed by atoms with Gasteiger partial charge in [0.15, 0.2) is 5.78 Å². The lowest BCUT2D eigenvalue weighted by Gasteiger charge is -2.24. The van der Waals surface area contributed by atoms with Crippen molar-refractivity contribution in [1.29, 1.82) is 0 Å². The smallest absolute Gasteiger partial charge is 0.416 e. The van der Waals surface area contributed by atoms with Gasteiger partial charge in [-0.15, -0.1) is 0 Å². The van der Waals surface area contributed by atoms with Gasteiger partial charge in [-0.05, 0) is 45.4 Å². The minimum atomic E-state index is -5.03. The van der Waals surface area contributed by atoms with E-state index in [0.29, 0.717) is 12.1 Å². The molecule has 1 aliphatic heterocycles. The molecule has 4 nitrogen and oxygen atoms in total. The van der Waals surface area contributed by atoms with Crippen molar-refractivity contribution in [2.75, 3.05) is 13.1 Å². The van der Waals surface area contributed by atoms with Crippen molar-refractivity contribution in [3.05, 3.63) is 34.9 Å². The summed E-state index contributed by atoms with van der Waals surface area (Å²) in [6, 6.07) is 0.792. The molecule has 1 aliphatic rings. The van der Waals surface area contributed by atoms with Gasteiger partial charge in [-0.25, -0.2) is 4.79 Å². The summed E-state index contributed by atoms with van der Waals surface area (Å²) >= 11 is 0. The van der Waals surface area contributed by atoms with Gasteiger partial charge in [0, 0.05) is 24.6 Å². The largest absolute Gasteiger partial charge is 0.444 e. The van der Waals surface area contributed by atoms with Crippen molar-refractivity contribution in [3.63, 3.8) is 0 Å². The maximum atomic E-state index is 13.0. The molecule has 1 fully saturated rings. The van der Waals surface area contributed by atoms with Gasteiger partial charge in [0.25, 0.3) is 0 Å². The van der Waals surface area contributed by atoms with E-state index in [9.17, 15) is 35.9 Å². The summed E-state index contributed by atoms with van der Waals surface area (Å²) in [6.45, 7) is 4.92. The Hall–Kier alpha value is -2.26. The second kappa shape index (κ2) is 7.29. The summed E-state index contributed by atoms with van der Waals surface area (Å²) in [5.74, 6) is -1.78. The number of carbonyl (C=O) groups excluding carboxylic acids is 2. The number of likely N-dealkylation sites (tertiary alicyclic amines) is 1. The number of amides is 1. The Bertz CT molecular complexity index is 732. The fourth-order valence-corrected chi connectivity index (χ4v) is 2.80. The van der Waals surface area contributed by atoms with Gasteiger partial charge in [-0.1, -0.05) is 0 Å². The van der Waals surface area contributed by atoms with Gasteiger partial charge in [0.2, 0.25) is 0 Å². The standard InChI is InChI=1S/C18H19F6NO3/c1-16(2,3)28-15(27)25-5-4-10(9-25)14(26)11-6-12(17(19,20)21)8-13(7-11)18(22,23)24/h6-8,10H,4-5,9H2,1-3H3/t10-/m1/s1. The first-order valence-corrected chi connectivity index (χ1v) is 8.39. The Morgan fingerprint density at radius 3 is 1.89 bits per heavy atom. The SMILES string of the molecule is CC(C)(C)OC(=O)N1CC[C@@H](C(=O)c2cc(C(F)(F)F)cc(C(F)(F)F)c2)C1. The molecule has 1 aromatic carbocycles. The number of ether oxygens (including phenoxy) is 1. The highest BCUT2D eigenvalue weighted by Crippen LogP contribution is 2.37. The van der Waals surface area contributed by atoms with E-state index >= 15 is 0 Å². The van der Waals surface area contributed by atoms with E-state index in [1.165, 1.54) is 4.90 Å². The summed E-state index contributed by atoms with van der Waals surface area (Å²) < 4.78 is 82.9. The first kappa shape index (κ1) is 22.0. The van der Waals surface area contributed by atoms with Crippen molar-refractivity contribution < 1.29 is 40.7 Å². The molecular formula is C18H19F6NO3. The maximum absolute atomic E-state index is 13.0. The Kier molecular flexibility index (Phi) is 5.73. The fraction of sp³-hybridized carbons (Fsp3) is 0.556. The minimum absolute atomic E-state index is 0.0293. The van der Waals surface area contributed by atoms with Crippen LogP contribution in [0.1, 0.15) is 48.7 Å². The molecule has 1 saturated heterocycles. The molecule has 28 heavy (non-hydrogen) atoms. The van der Waals surface area contributed by atoms with E-state index in [-0.39, 0.29) is 25.6 Å². The summed E-state index contributed by atoms with van der Waals surface area (Å²) in [7, 11) is 0. The van der Waals surface area contributed by atoms with Crippen LogP contribution in [0.2, 0.25) is 0 Å². The quantitative estimate of drug-likeness (QED) is 0.499. The molecule has 1 aromatic rings. The van der Waals surface area contributed by atoms with Crippen LogP contribution in [-0.2, 0) is 17.1 Å². The van der Waals surface area contributed by atoms with Crippen LogP contribution < -0.4 is 0 Å². The van der Waals surface area contributed by atoms with Crippen molar-refractivity contribution in [2.24, 2.45) is 5.92 Å². The highest BCUT2D eigenvalue weighted by Gasteiger charge is 2.39. The number of benzene rings is 1. The molecule has 0 aromatic heterocycles.